The maximum Gasteiger partial charge on any atom is 0.222 e. The molecule has 104 valence electrons. The quantitative estimate of drug-likeness (QED) is 0.862. The minimum Gasteiger partial charge on any atom is -0.398 e. The van der Waals surface area contributed by atoms with Crippen molar-refractivity contribution in [1.82, 2.24) is 4.90 Å². The molecule has 4 heteroatoms. The molecule has 0 spiro atoms. The van der Waals surface area contributed by atoms with E-state index in [4.69, 9.17) is 17.3 Å². The van der Waals surface area contributed by atoms with Gasteiger partial charge in [-0.3, -0.25) is 4.79 Å². The first-order valence-electron chi connectivity index (χ1n) is 6.91. The molecule has 1 aromatic carbocycles. The number of hydrogen-bond donors (Lipinski definition) is 1. The van der Waals surface area contributed by atoms with Gasteiger partial charge in [-0.2, -0.15) is 0 Å². The number of carbonyl (C=O) groups is 1. The van der Waals surface area contributed by atoms with Crippen molar-refractivity contribution < 1.29 is 4.79 Å². The number of rotatable bonds is 3. The van der Waals surface area contributed by atoms with Gasteiger partial charge >= 0.3 is 0 Å². The van der Waals surface area contributed by atoms with Gasteiger partial charge in [-0.1, -0.05) is 31.0 Å². The van der Waals surface area contributed by atoms with E-state index in [-0.39, 0.29) is 5.91 Å². The molecule has 1 saturated heterocycles. The fourth-order valence-corrected chi connectivity index (χ4v) is 2.70. The minimum atomic E-state index is 0.254. The van der Waals surface area contributed by atoms with Gasteiger partial charge in [0.05, 0.1) is 10.7 Å². The van der Waals surface area contributed by atoms with Gasteiger partial charge in [0.2, 0.25) is 5.91 Å². The molecule has 1 aromatic rings. The summed E-state index contributed by atoms with van der Waals surface area (Å²) < 4.78 is 0. The number of halogens is 1. The Kier molecular flexibility index (Phi) is 4.70. The van der Waals surface area contributed by atoms with Gasteiger partial charge in [0, 0.05) is 19.5 Å². The maximum atomic E-state index is 12.1. The predicted molar refractivity (Wildman–Crippen MR) is 78.9 cm³/mol. The fraction of sp³-hybridized carbons (Fsp3) is 0.533. The van der Waals surface area contributed by atoms with E-state index in [0.29, 0.717) is 29.6 Å². The molecule has 0 radical (unpaired) electrons. The minimum absolute atomic E-state index is 0.254. The highest BCUT2D eigenvalue weighted by molar-refractivity contribution is 6.33. The molecule has 1 atom stereocenters. The van der Waals surface area contributed by atoms with Crippen LogP contribution in [0.15, 0.2) is 18.2 Å². The lowest BCUT2D eigenvalue weighted by atomic mass is 9.98. The Morgan fingerprint density at radius 3 is 2.89 bits per heavy atom. The molecule has 0 saturated carbocycles. The van der Waals surface area contributed by atoms with Gasteiger partial charge in [0.1, 0.15) is 0 Å². The molecule has 1 fully saturated rings. The van der Waals surface area contributed by atoms with Crippen LogP contribution in [0.5, 0.6) is 0 Å². The van der Waals surface area contributed by atoms with Crippen molar-refractivity contribution >= 4 is 23.2 Å². The van der Waals surface area contributed by atoms with Crippen LogP contribution in [0.1, 0.15) is 38.2 Å². The van der Waals surface area contributed by atoms with E-state index in [1.807, 2.05) is 17.0 Å². The lowest BCUT2D eigenvalue weighted by Crippen LogP contribution is -2.29. The highest BCUT2D eigenvalue weighted by Gasteiger charge is 2.21. The predicted octanol–water partition coefficient (Wildman–Crippen LogP) is 3.46. The van der Waals surface area contributed by atoms with E-state index in [9.17, 15) is 4.79 Å². The largest absolute Gasteiger partial charge is 0.398 e. The fourth-order valence-electron chi connectivity index (χ4n) is 2.58. The number of carbonyl (C=O) groups excluding carboxylic acids is 1. The van der Waals surface area contributed by atoms with Crippen molar-refractivity contribution in [2.75, 3.05) is 12.3 Å². The van der Waals surface area contributed by atoms with Crippen LogP contribution in [0.25, 0.3) is 0 Å². The van der Waals surface area contributed by atoms with Crippen molar-refractivity contribution in [3.05, 3.63) is 28.8 Å². The van der Waals surface area contributed by atoms with Gasteiger partial charge in [-0.25, -0.2) is 0 Å². The van der Waals surface area contributed by atoms with Crippen molar-refractivity contribution in [3.8, 4) is 0 Å². The van der Waals surface area contributed by atoms with E-state index in [0.717, 1.165) is 31.4 Å². The number of hydrogen-bond acceptors (Lipinski definition) is 2. The number of anilines is 1. The Hall–Kier alpha value is -1.22. The van der Waals surface area contributed by atoms with Crippen LogP contribution >= 0.6 is 11.6 Å². The van der Waals surface area contributed by atoms with Crippen LogP contribution in [0, 0.1) is 5.92 Å². The molecule has 0 bridgehead atoms. The Morgan fingerprint density at radius 1 is 1.42 bits per heavy atom. The van der Waals surface area contributed by atoms with E-state index in [1.165, 1.54) is 0 Å². The second-order valence-corrected chi connectivity index (χ2v) is 5.68. The number of nitrogens with zero attached hydrogens (tertiary/aromatic N) is 1. The van der Waals surface area contributed by atoms with Gasteiger partial charge in [0.15, 0.2) is 0 Å². The lowest BCUT2D eigenvalue weighted by Gasteiger charge is -2.21. The summed E-state index contributed by atoms with van der Waals surface area (Å²) >= 11 is 5.91. The topological polar surface area (TPSA) is 46.3 Å². The smallest absolute Gasteiger partial charge is 0.222 e. The van der Waals surface area contributed by atoms with Gasteiger partial charge in [0.25, 0.3) is 0 Å². The van der Waals surface area contributed by atoms with Crippen molar-refractivity contribution in [2.45, 2.75) is 39.2 Å². The highest BCUT2D eigenvalue weighted by Crippen LogP contribution is 2.24. The van der Waals surface area contributed by atoms with Crippen LogP contribution in [0.3, 0.4) is 0 Å². The Morgan fingerprint density at radius 2 is 2.21 bits per heavy atom. The van der Waals surface area contributed by atoms with Gasteiger partial charge in [-0.05, 0) is 36.5 Å². The summed E-state index contributed by atoms with van der Waals surface area (Å²) in [6.07, 6.45) is 3.95. The third-order valence-electron chi connectivity index (χ3n) is 3.94. The number of likely N-dealkylation sites (tertiary alicyclic amines) is 1. The number of amides is 1. The van der Waals surface area contributed by atoms with E-state index in [1.54, 1.807) is 6.07 Å². The van der Waals surface area contributed by atoms with Crippen LogP contribution in [0.4, 0.5) is 5.69 Å². The van der Waals surface area contributed by atoms with Gasteiger partial charge < -0.3 is 10.6 Å². The van der Waals surface area contributed by atoms with Crippen molar-refractivity contribution in [3.63, 3.8) is 0 Å². The molecule has 1 aliphatic rings. The van der Waals surface area contributed by atoms with Gasteiger partial charge in [-0.15, -0.1) is 0 Å². The van der Waals surface area contributed by atoms with Crippen LogP contribution in [-0.2, 0) is 11.3 Å². The molecule has 0 aliphatic carbocycles. The zero-order chi connectivity index (χ0) is 13.8. The van der Waals surface area contributed by atoms with Crippen molar-refractivity contribution in [1.29, 1.82) is 0 Å². The summed E-state index contributed by atoms with van der Waals surface area (Å²) in [6.45, 7) is 3.68. The lowest BCUT2D eigenvalue weighted by molar-refractivity contribution is -0.131. The normalized spacial score (nSPS) is 20.4. The first-order valence-corrected chi connectivity index (χ1v) is 7.29. The van der Waals surface area contributed by atoms with Crippen molar-refractivity contribution in [2.24, 2.45) is 5.92 Å². The Bertz CT molecular complexity index is 461. The molecule has 3 nitrogen and oxygen atoms in total. The molecule has 1 unspecified atom stereocenters. The maximum absolute atomic E-state index is 12.1. The summed E-state index contributed by atoms with van der Waals surface area (Å²) in [5.74, 6) is 0.939. The molecular weight excluding hydrogens is 260 g/mol. The molecule has 1 aliphatic heterocycles. The van der Waals surface area contributed by atoms with E-state index < -0.39 is 0 Å². The summed E-state index contributed by atoms with van der Waals surface area (Å²) in [7, 11) is 0. The monoisotopic (exact) mass is 280 g/mol. The third kappa shape index (κ3) is 3.63. The number of benzene rings is 1. The standard InChI is InChI=1S/C15H21ClN2O/c1-2-11-4-6-15(19)18(8-7-11)10-12-3-5-13(16)14(17)9-12/h3,5,9,11H,2,4,6-8,10,17H2,1H3. The number of nitrogen functional groups attached to an aromatic ring is 1. The first-order chi connectivity index (χ1) is 9.10. The number of nitrogens with two attached hydrogens (primary N) is 1. The third-order valence-corrected chi connectivity index (χ3v) is 4.28. The average Bonchev–Trinajstić information content (AvgIpc) is 2.57. The molecule has 19 heavy (non-hydrogen) atoms. The van der Waals surface area contributed by atoms with Crippen LogP contribution in [0.2, 0.25) is 5.02 Å². The summed E-state index contributed by atoms with van der Waals surface area (Å²) in [6, 6.07) is 5.59. The van der Waals surface area contributed by atoms with E-state index >= 15 is 0 Å². The summed E-state index contributed by atoms with van der Waals surface area (Å²) in [4.78, 5) is 14.0. The summed E-state index contributed by atoms with van der Waals surface area (Å²) in [5, 5.41) is 0.567. The molecule has 1 amide bonds. The molecule has 2 rings (SSSR count). The summed E-state index contributed by atoms with van der Waals surface area (Å²) in [5.41, 5.74) is 7.42. The van der Waals surface area contributed by atoms with Crippen LogP contribution < -0.4 is 5.73 Å². The Balaban J connectivity index is 2.04. The highest BCUT2D eigenvalue weighted by atomic mass is 35.5. The second-order valence-electron chi connectivity index (χ2n) is 5.27. The Labute approximate surface area is 119 Å². The first kappa shape index (κ1) is 14.2. The van der Waals surface area contributed by atoms with E-state index in [2.05, 4.69) is 6.92 Å². The molecule has 1 heterocycles. The van der Waals surface area contributed by atoms with Crippen LogP contribution in [-0.4, -0.2) is 17.4 Å². The zero-order valence-corrected chi connectivity index (χ0v) is 12.1. The molecule has 0 aromatic heterocycles. The molecular formula is C15H21ClN2O. The SMILES string of the molecule is CCC1CCC(=O)N(Cc2ccc(Cl)c(N)c2)CC1. The average molecular weight is 281 g/mol. The molecule has 2 N–H and O–H groups in total. The zero-order valence-electron chi connectivity index (χ0n) is 11.4. The second kappa shape index (κ2) is 6.29.